The molecule has 0 aromatic heterocycles. The number of Topliss-reactive ketones (excluding diaryl/α,β-unsaturated/α-hetero) is 1. The normalized spacial score (nSPS) is 25.3. The number of ether oxygens (including phenoxy) is 1. The second-order valence-corrected chi connectivity index (χ2v) is 8.32. The van der Waals surface area contributed by atoms with Crippen LogP contribution in [0.5, 0.6) is 0 Å². The minimum Gasteiger partial charge on any atom is -0.444 e. The molecule has 2 unspecified atom stereocenters. The second kappa shape index (κ2) is 6.97. The molecule has 2 atom stereocenters. The maximum atomic E-state index is 13.8. The molecule has 0 spiro atoms. The molecule has 142 valence electrons. The minimum absolute atomic E-state index is 0.00406. The van der Waals surface area contributed by atoms with Crippen LogP contribution < -0.4 is 0 Å². The summed E-state index contributed by atoms with van der Waals surface area (Å²) in [6, 6.07) is 3.29. The molecule has 4 nitrogen and oxygen atoms in total. The van der Waals surface area contributed by atoms with Gasteiger partial charge in [0, 0.05) is 30.5 Å². The van der Waals surface area contributed by atoms with Crippen molar-refractivity contribution in [2.24, 2.45) is 5.92 Å². The lowest BCUT2D eigenvalue weighted by Gasteiger charge is -2.39. The number of carbonyl (C=O) groups excluding carboxylic acids is 2. The van der Waals surface area contributed by atoms with Crippen molar-refractivity contribution in [2.75, 3.05) is 0 Å². The fourth-order valence-electron chi connectivity index (χ4n) is 4.05. The molecule has 2 bridgehead atoms. The van der Waals surface area contributed by atoms with Crippen molar-refractivity contribution in [3.05, 3.63) is 35.4 Å². The number of hydrogen-bond acceptors (Lipinski definition) is 3. The van der Waals surface area contributed by atoms with Crippen LogP contribution in [0.1, 0.15) is 52.0 Å². The number of rotatable bonds is 3. The number of fused-ring (bicyclic) bond motifs is 2. The van der Waals surface area contributed by atoms with Crippen LogP contribution in [-0.4, -0.2) is 34.5 Å². The number of nitrogens with zero attached hydrogens (tertiary/aromatic N) is 1. The highest BCUT2D eigenvalue weighted by molar-refractivity contribution is 5.84. The van der Waals surface area contributed by atoms with Crippen molar-refractivity contribution in [3.8, 4) is 0 Å². The van der Waals surface area contributed by atoms with Gasteiger partial charge in [0.1, 0.15) is 23.0 Å². The Morgan fingerprint density at radius 1 is 1.15 bits per heavy atom. The van der Waals surface area contributed by atoms with E-state index in [9.17, 15) is 18.4 Å². The molecule has 2 heterocycles. The van der Waals surface area contributed by atoms with E-state index in [2.05, 4.69) is 0 Å². The molecule has 0 N–H and O–H groups in total. The summed E-state index contributed by atoms with van der Waals surface area (Å²) in [6.07, 6.45) is 2.52. The molecule has 1 amide bonds. The van der Waals surface area contributed by atoms with Crippen molar-refractivity contribution in [2.45, 2.75) is 70.6 Å². The van der Waals surface area contributed by atoms with E-state index in [0.29, 0.717) is 12.8 Å². The molecule has 1 aromatic rings. The molecular formula is C20H25F2NO3. The van der Waals surface area contributed by atoms with E-state index in [1.807, 2.05) is 20.8 Å². The number of amides is 1. The highest BCUT2D eigenvalue weighted by Crippen LogP contribution is 2.40. The smallest absolute Gasteiger partial charge is 0.410 e. The zero-order chi connectivity index (χ0) is 19.1. The van der Waals surface area contributed by atoms with Gasteiger partial charge in [-0.3, -0.25) is 4.79 Å². The number of benzene rings is 1. The number of ketones is 1. The number of piperidine rings is 1. The zero-order valence-corrected chi connectivity index (χ0v) is 15.4. The largest absolute Gasteiger partial charge is 0.444 e. The topological polar surface area (TPSA) is 46.6 Å². The monoisotopic (exact) mass is 365 g/mol. The lowest BCUT2D eigenvalue weighted by molar-refractivity contribution is -0.124. The Kier molecular flexibility index (Phi) is 5.04. The fraction of sp³-hybridized carbons (Fsp3) is 0.600. The Labute approximate surface area is 152 Å². The lowest BCUT2D eigenvalue weighted by atomic mass is 9.85. The highest BCUT2D eigenvalue weighted by atomic mass is 19.1. The maximum absolute atomic E-state index is 13.8. The second-order valence-electron chi connectivity index (χ2n) is 8.32. The first-order valence-corrected chi connectivity index (χ1v) is 9.12. The van der Waals surface area contributed by atoms with Gasteiger partial charge in [0.25, 0.3) is 0 Å². The molecule has 0 saturated carbocycles. The fourth-order valence-corrected chi connectivity index (χ4v) is 4.05. The first-order valence-electron chi connectivity index (χ1n) is 9.12. The van der Waals surface area contributed by atoms with Crippen LogP contribution in [0.3, 0.4) is 0 Å². The van der Waals surface area contributed by atoms with Gasteiger partial charge in [-0.15, -0.1) is 0 Å². The summed E-state index contributed by atoms with van der Waals surface area (Å²) >= 11 is 0. The van der Waals surface area contributed by atoms with E-state index < -0.39 is 17.2 Å². The zero-order valence-electron chi connectivity index (χ0n) is 15.4. The van der Waals surface area contributed by atoms with Gasteiger partial charge < -0.3 is 9.64 Å². The third kappa shape index (κ3) is 4.05. The molecule has 0 radical (unpaired) electrons. The Bertz CT molecular complexity index is 699. The molecular weight excluding hydrogens is 340 g/mol. The van der Waals surface area contributed by atoms with Gasteiger partial charge in [-0.05, 0) is 58.1 Å². The van der Waals surface area contributed by atoms with Crippen LogP contribution in [0.4, 0.5) is 13.6 Å². The third-order valence-electron chi connectivity index (χ3n) is 5.17. The van der Waals surface area contributed by atoms with Crippen LogP contribution in [0.2, 0.25) is 0 Å². The predicted octanol–water partition coefficient (Wildman–Crippen LogP) is 4.25. The minimum atomic E-state index is -0.687. The molecule has 6 heteroatoms. The summed E-state index contributed by atoms with van der Waals surface area (Å²) in [5.74, 6) is -1.58. The maximum Gasteiger partial charge on any atom is 0.410 e. The molecule has 26 heavy (non-hydrogen) atoms. The summed E-state index contributed by atoms with van der Waals surface area (Å²) in [5, 5.41) is 0. The predicted molar refractivity (Wildman–Crippen MR) is 92.7 cm³/mol. The van der Waals surface area contributed by atoms with Crippen molar-refractivity contribution in [3.63, 3.8) is 0 Å². The number of halogens is 2. The molecule has 3 rings (SSSR count). The van der Waals surface area contributed by atoms with Crippen LogP contribution in [0.15, 0.2) is 18.2 Å². The van der Waals surface area contributed by atoms with Crippen molar-refractivity contribution >= 4 is 11.9 Å². The van der Waals surface area contributed by atoms with Gasteiger partial charge in [0.2, 0.25) is 0 Å². The summed E-state index contributed by atoms with van der Waals surface area (Å²) < 4.78 is 32.3. The first kappa shape index (κ1) is 18.8. The Morgan fingerprint density at radius 2 is 1.77 bits per heavy atom. The highest BCUT2D eigenvalue weighted by Gasteiger charge is 2.46. The Hall–Kier alpha value is -1.98. The van der Waals surface area contributed by atoms with Crippen molar-refractivity contribution < 1.29 is 23.1 Å². The van der Waals surface area contributed by atoms with Crippen LogP contribution in [0, 0.1) is 17.6 Å². The molecule has 0 aliphatic carbocycles. The van der Waals surface area contributed by atoms with E-state index in [-0.39, 0.29) is 41.9 Å². The average molecular weight is 365 g/mol. The number of carbonyl (C=O) groups is 2. The van der Waals surface area contributed by atoms with Gasteiger partial charge in [-0.1, -0.05) is 6.07 Å². The first-order chi connectivity index (χ1) is 12.1. The van der Waals surface area contributed by atoms with Gasteiger partial charge in [0.05, 0.1) is 0 Å². The van der Waals surface area contributed by atoms with Crippen LogP contribution >= 0.6 is 0 Å². The molecule has 2 fully saturated rings. The summed E-state index contributed by atoms with van der Waals surface area (Å²) in [4.78, 5) is 26.9. The summed E-state index contributed by atoms with van der Waals surface area (Å²) in [5.41, 5.74) is -0.332. The van der Waals surface area contributed by atoms with Crippen molar-refractivity contribution in [1.29, 1.82) is 0 Å². The van der Waals surface area contributed by atoms with E-state index in [1.54, 1.807) is 4.90 Å². The standard InChI is InChI=1S/C20H25F2NO3/c1-20(2,3)26-19(25)23-15-6-7-16(23)9-13(8-15)18(24)10-12-4-5-14(21)11-17(12)22/h4-5,11,13,15-16H,6-10H2,1-3H3. The van der Waals surface area contributed by atoms with Crippen LogP contribution in [-0.2, 0) is 16.0 Å². The summed E-state index contributed by atoms with van der Waals surface area (Å²) in [7, 11) is 0. The summed E-state index contributed by atoms with van der Waals surface area (Å²) in [6.45, 7) is 5.50. The van der Waals surface area contributed by atoms with Gasteiger partial charge >= 0.3 is 6.09 Å². The van der Waals surface area contributed by atoms with Gasteiger partial charge in [-0.25, -0.2) is 13.6 Å². The average Bonchev–Trinajstić information content (AvgIpc) is 2.79. The van der Waals surface area contributed by atoms with Gasteiger partial charge in [0.15, 0.2) is 0 Å². The Morgan fingerprint density at radius 3 is 2.31 bits per heavy atom. The quantitative estimate of drug-likeness (QED) is 0.804. The van der Waals surface area contributed by atoms with E-state index in [1.165, 1.54) is 12.1 Å². The molecule has 1 aromatic carbocycles. The molecule has 2 saturated heterocycles. The SMILES string of the molecule is CC(C)(C)OC(=O)N1C2CCC1CC(C(=O)Cc1ccc(F)cc1F)C2. The lowest BCUT2D eigenvalue weighted by Crippen LogP contribution is -2.49. The van der Waals surface area contributed by atoms with E-state index in [0.717, 1.165) is 18.9 Å². The van der Waals surface area contributed by atoms with Gasteiger partial charge in [-0.2, -0.15) is 0 Å². The number of hydrogen-bond donors (Lipinski definition) is 0. The Balaban J connectivity index is 1.65. The molecule has 2 aliphatic heterocycles. The van der Waals surface area contributed by atoms with E-state index in [4.69, 9.17) is 4.74 Å². The molecule has 2 aliphatic rings. The van der Waals surface area contributed by atoms with Crippen LogP contribution in [0.25, 0.3) is 0 Å². The third-order valence-corrected chi connectivity index (χ3v) is 5.17. The van der Waals surface area contributed by atoms with E-state index >= 15 is 0 Å². The van der Waals surface area contributed by atoms with Crippen molar-refractivity contribution in [1.82, 2.24) is 4.90 Å².